The molecule has 60 valence electrons. The Morgan fingerprint density at radius 2 is 2.50 bits per heavy atom. The van der Waals surface area contributed by atoms with Crippen LogP contribution in [0.5, 0.6) is 0 Å². The van der Waals surface area contributed by atoms with Crippen molar-refractivity contribution in [3.8, 4) is 0 Å². The minimum Gasteiger partial charge on any atom is -0.377 e. The van der Waals surface area contributed by atoms with Gasteiger partial charge < -0.3 is 10.1 Å². The quantitative estimate of drug-likeness (QED) is 0.596. The van der Waals surface area contributed by atoms with Gasteiger partial charge in [0, 0.05) is 13.2 Å². The first-order valence-electron chi connectivity index (χ1n) is 4.26. The zero-order valence-electron chi connectivity index (χ0n) is 6.73. The Morgan fingerprint density at radius 3 is 3.10 bits per heavy atom. The van der Waals surface area contributed by atoms with Crippen molar-refractivity contribution in [1.29, 1.82) is 0 Å². The normalized spacial score (nSPS) is 25.5. The minimum absolute atomic E-state index is 0.506. The van der Waals surface area contributed by atoms with Gasteiger partial charge in [-0.05, 0) is 25.8 Å². The lowest BCUT2D eigenvalue weighted by Crippen LogP contribution is -2.26. The van der Waals surface area contributed by atoms with E-state index in [1.807, 2.05) is 0 Å². The van der Waals surface area contributed by atoms with E-state index in [4.69, 9.17) is 4.74 Å². The Balaban J connectivity index is 1.91. The highest BCUT2D eigenvalue weighted by molar-refractivity contribution is 4.66. The highest BCUT2D eigenvalue weighted by Crippen LogP contribution is 2.10. The molecule has 0 bridgehead atoms. The highest BCUT2D eigenvalue weighted by atomic mass is 16.5. The van der Waals surface area contributed by atoms with Crippen molar-refractivity contribution in [3.63, 3.8) is 0 Å². The highest BCUT2D eigenvalue weighted by Gasteiger charge is 2.13. The second-order valence-corrected chi connectivity index (χ2v) is 2.84. The predicted octanol–water partition coefficient (Wildman–Crippen LogP) is 1.16. The Bertz CT molecular complexity index is 79.3. The second-order valence-electron chi connectivity index (χ2n) is 2.84. The summed E-state index contributed by atoms with van der Waals surface area (Å²) in [5.74, 6) is 0. The lowest BCUT2D eigenvalue weighted by Gasteiger charge is -2.08. The number of nitrogens with one attached hydrogen (secondary N) is 1. The largest absolute Gasteiger partial charge is 0.377 e. The van der Waals surface area contributed by atoms with Crippen LogP contribution in [0.4, 0.5) is 0 Å². The average molecular weight is 143 g/mol. The fourth-order valence-corrected chi connectivity index (χ4v) is 1.25. The lowest BCUT2D eigenvalue weighted by atomic mass is 10.2. The van der Waals surface area contributed by atoms with Gasteiger partial charge in [0.05, 0.1) is 6.10 Å². The van der Waals surface area contributed by atoms with Crippen molar-refractivity contribution in [2.24, 2.45) is 0 Å². The summed E-state index contributed by atoms with van der Waals surface area (Å²) >= 11 is 0. The van der Waals surface area contributed by atoms with Gasteiger partial charge in [0.25, 0.3) is 0 Å². The molecule has 0 radical (unpaired) electrons. The molecule has 1 rings (SSSR count). The molecule has 1 fully saturated rings. The van der Waals surface area contributed by atoms with Crippen molar-refractivity contribution >= 4 is 0 Å². The van der Waals surface area contributed by atoms with Gasteiger partial charge in [-0.15, -0.1) is 0 Å². The van der Waals surface area contributed by atoms with Crippen LogP contribution < -0.4 is 5.32 Å². The molecule has 1 aliphatic heterocycles. The van der Waals surface area contributed by atoms with Gasteiger partial charge in [-0.3, -0.25) is 0 Å². The summed E-state index contributed by atoms with van der Waals surface area (Å²) < 4.78 is 5.44. The molecule has 1 heterocycles. The maximum absolute atomic E-state index is 5.44. The maximum Gasteiger partial charge on any atom is 0.0700 e. The Morgan fingerprint density at radius 1 is 1.60 bits per heavy atom. The number of rotatable bonds is 4. The van der Waals surface area contributed by atoms with Crippen LogP contribution >= 0.6 is 0 Å². The maximum atomic E-state index is 5.44. The first-order valence-corrected chi connectivity index (χ1v) is 4.26. The molecule has 0 amide bonds. The number of hydrogen-bond donors (Lipinski definition) is 1. The minimum atomic E-state index is 0.506. The summed E-state index contributed by atoms with van der Waals surface area (Å²) in [5.41, 5.74) is 0. The van der Waals surface area contributed by atoms with Crippen LogP contribution in [0.2, 0.25) is 0 Å². The molecule has 0 aromatic heterocycles. The summed E-state index contributed by atoms with van der Waals surface area (Å²) in [4.78, 5) is 0. The summed E-state index contributed by atoms with van der Waals surface area (Å²) in [6.07, 6.45) is 4.22. The molecule has 1 N–H and O–H groups in total. The zero-order valence-corrected chi connectivity index (χ0v) is 6.73. The van der Waals surface area contributed by atoms with Crippen molar-refractivity contribution in [2.75, 3.05) is 19.7 Å². The van der Waals surface area contributed by atoms with E-state index in [1.165, 1.54) is 19.3 Å². The molecule has 1 atom stereocenters. The average Bonchev–Trinajstić information content (AvgIpc) is 2.41. The van der Waals surface area contributed by atoms with Gasteiger partial charge in [-0.25, -0.2) is 0 Å². The van der Waals surface area contributed by atoms with Gasteiger partial charge in [0.1, 0.15) is 0 Å². The molecule has 2 nitrogen and oxygen atoms in total. The third kappa shape index (κ3) is 2.67. The molecule has 10 heavy (non-hydrogen) atoms. The van der Waals surface area contributed by atoms with Crippen molar-refractivity contribution in [1.82, 2.24) is 5.32 Å². The topological polar surface area (TPSA) is 21.3 Å². The van der Waals surface area contributed by atoms with Gasteiger partial charge in [-0.1, -0.05) is 6.92 Å². The molecule has 0 saturated carbocycles. The van der Waals surface area contributed by atoms with E-state index in [0.717, 1.165) is 19.7 Å². The fourth-order valence-electron chi connectivity index (χ4n) is 1.25. The van der Waals surface area contributed by atoms with E-state index in [9.17, 15) is 0 Å². The van der Waals surface area contributed by atoms with Crippen LogP contribution in [0.3, 0.4) is 0 Å². The van der Waals surface area contributed by atoms with Gasteiger partial charge in [0.2, 0.25) is 0 Å². The van der Waals surface area contributed by atoms with Crippen LogP contribution in [-0.4, -0.2) is 25.8 Å². The molecule has 0 aromatic carbocycles. The van der Waals surface area contributed by atoms with Crippen LogP contribution in [0, 0.1) is 0 Å². The second kappa shape index (κ2) is 4.69. The van der Waals surface area contributed by atoms with Gasteiger partial charge >= 0.3 is 0 Å². The molecule has 1 aliphatic rings. The molecule has 2 heteroatoms. The molecule has 1 saturated heterocycles. The van der Waals surface area contributed by atoms with E-state index < -0.39 is 0 Å². The first kappa shape index (κ1) is 8.02. The monoisotopic (exact) mass is 143 g/mol. The van der Waals surface area contributed by atoms with E-state index in [0.29, 0.717) is 6.10 Å². The first-order chi connectivity index (χ1) is 4.93. The van der Waals surface area contributed by atoms with E-state index >= 15 is 0 Å². The Hall–Kier alpha value is -0.0800. The summed E-state index contributed by atoms with van der Waals surface area (Å²) in [6, 6.07) is 0. The third-order valence-corrected chi connectivity index (χ3v) is 1.82. The number of hydrogen-bond acceptors (Lipinski definition) is 2. The smallest absolute Gasteiger partial charge is 0.0700 e. The SMILES string of the molecule is CCCNCC1CCCO1. The van der Waals surface area contributed by atoms with E-state index in [-0.39, 0.29) is 0 Å². The van der Waals surface area contributed by atoms with Crippen LogP contribution in [0.25, 0.3) is 0 Å². The Labute approximate surface area is 63.0 Å². The van der Waals surface area contributed by atoms with Gasteiger partial charge in [0.15, 0.2) is 0 Å². The fraction of sp³-hybridized carbons (Fsp3) is 1.00. The molecule has 0 aromatic rings. The van der Waals surface area contributed by atoms with Crippen molar-refractivity contribution in [2.45, 2.75) is 32.3 Å². The molecule has 1 unspecified atom stereocenters. The van der Waals surface area contributed by atoms with Crippen LogP contribution in [-0.2, 0) is 4.74 Å². The Kier molecular flexibility index (Phi) is 3.76. The standard InChI is InChI=1S/C8H17NO/c1-2-5-9-7-8-4-3-6-10-8/h8-9H,2-7H2,1H3. The molecular formula is C8H17NO. The number of ether oxygens (including phenoxy) is 1. The van der Waals surface area contributed by atoms with Crippen LogP contribution in [0.1, 0.15) is 26.2 Å². The molecule has 0 spiro atoms. The third-order valence-electron chi connectivity index (χ3n) is 1.82. The van der Waals surface area contributed by atoms with Crippen molar-refractivity contribution in [3.05, 3.63) is 0 Å². The van der Waals surface area contributed by atoms with Crippen molar-refractivity contribution < 1.29 is 4.74 Å². The van der Waals surface area contributed by atoms with E-state index in [1.54, 1.807) is 0 Å². The summed E-state index contributed by atoms with van der Waals surface area (Å²) in [6.45, 7) is 5.33. The zero-order chi connectivity index (χ0) is 7.23. The van der Waals surface area contributed by atoms with Crippen LogP contribution in [0.15, 0.2) is 0 Å². The van der Waals surface area contributed by atoms with E-state index in [2.05, 4.69) is 12.2 Å². The lowest BCUT2D eigenvalue weighted by molar-refractivity contribution is 0.110. The summed E-state index contributed by atoms with van der Waals surface area (Å²) in [5, 5.41) is 3.35. The van der Waals surface area contributed by atoms with Gasteiger partial charge in [-0.2, -0.15) is 0 Å². The molecular weight excluding hydrogens is 126 g/mol. The predicted molar refractivity (Wildman–Crippen MR) is 42.1 cm³/mol. The summed E-state index contributed by atoms with van der Waals surface area (Å²) in [7, 11) is 0. The molecule has 0 aliphatic carbocycles.